The number of likely N-dealkylation sites (tertiary alicyclic amines) is 1. The molecule has 0 aliphatic carbocycles. The lowest BCUT2D eigenvalue weighted by molar-refractivity contribution is -0.108. The van der Waals surface area contributed by atoms with Gasteiger partial charge in [-0.2, -0.15) is 8.42 Å². The van der Waals surface area contributed by atoms with Gasteiger partial charge in [0.2, 0.25) is 0 Å². The zero-order chi connectivity index (χ0) is 14.0. The Labute approximate surface area is 104 Å². The third kappa shape index (κ3) is 4.37. The maximum absolute atomic E-state index is 13.6. The first kappa shape index (κ1) is 15.1. The fourth-order valence-corrected chi connectivity index (χ4v) is 2.24. The predicted octanol–water partition coefficient (Wildman–Crippen LogP) is 0.988. The molecule has 1 heterocycles. The summed E-state index contributed by atoms with van der Waals surface area (Å²) in [7, 11) is -3.64. The van der Waals surface area contributed by atoms with Gasteiger partial charge in [-0.1, -0.05) is 0 Å². The van der Waals surface area contributed by atoms with Crippen LogP contribution in [0.4, 0.5) is 13.6 Å². The zero-order valence-electron chi connectivity index (χ0n) is 9.80. The van der Waals surface area contributed by atoms with Gasteiger partial charge in [-0.25, -0.2) is 13.6 Å². The highest BCUT2D eigenvalue weighted by Gasteiger charge is 2.45. The first-order chi connectivity index (χ1) is 8.12. The molecular formula is C9H15F2NO5S. The number of halogens is 2. The summed E-state index contributed by atoms with van der Waals surface area (Å²) < 4.78 is 52.9. The minimum atomic E-state index is -3.64. The first-order valence-electron chi connectivity index (χ1n) is 5.32. The van der Waals surface area contributed by atoms with Crippen LogP contribution in [0.3, 0.4) is 0 Å². The van der Waals surface area contributed by atoms with Crippen molar-refractivity contribution < 1.29 is 31.3 Å². The second-order valence-electron chi connectivity index (χ2n) is 4.27. The van der Waals surface area contributed by atoms with E-state index in [9.17, 15) is 22.0 Å². The van der Waals surface area contributed by atoms with Crippen LogP contribution in [-0.4, -0.2) is 56.4 Å². The minimum absolute atomic E-state index is 0.00752. The smallest absolute Gasteiger partial charge is 0.407 e. The number of hydrogen-bond donors (Lipinski definition) is 1. The first-order valence-corrected chi connectivity index (χ1v) is 7.13. The van der Waals surface area contributed by atoms with Crippen molar-refractivity contribution >= 4 is 16.2 Å². The van der Waals surface area contributed by atoms with E-state index in [0.29, 0.717) is 4.90 Å². The lowest BCUT2D eigenvalue weighted by atomic mass is 9.90. The monoisotopic (exact) mass is 287 g/mol. The Balaban J connectivity index is 2.51. The number of carboxylic acid groups (broad SMARTS) is 1. The van der Waals surface area contributed by atoms with Gasteiger partial charge in [-0.15, -0.1) is 0 Å². The SMILES string of the molecule is CS(=O)(=O)OCCC1CCN(C(=O)O)CC1(F)F. The van der Waals surface area contributed by atoms with E-state index in [1.807, 2.05) is 0 Å². The van der Waals surface area contributed by atoms with E-state index in [4.69, 9.17) is 5.11 Å². The van der Waals surface area contributed by atoms with Gasteiger partial charge in [0, 0.05) is 12.5 Å². The lowest BCUT2D eigenvalue weighted by Gasteiger charge is -2.36. The highest BCUT2D eigenvalue weighted by molar-refractivity contribution is 7.85. The Morgan fingerprint density at radius 1 is 1.56 bits per heavy atom. The van der Waals surface area contributed by atoms with Crippen LogP contribution in [0.2, 0.25) is 0 Å². The summed E-state index contributed by atoms with van der Waals surface area (Å²) in [5, 5.41) is 8.63. The maximum atomic E-state index is 13.6. The Morgan fingerprint density at radius 3 is 2.61 bits per heavy atom. The number of piperidine rings is 1. The van der Waals surface area contributed by atoms with Crippen LogP contribution in [0.25, 0.3) is 0 Å². The third-order valence-electron chi connectivity index (χ3n) is 2.78. The fourth-order valence-electron chi connectivity index (χ4n) is 1.85. The van der Waals surface area contributed by atoms with Gasteiger partial charge < -0.3 is 10.0 Å². The van der Waals surface area contributed by atoms with Gasteiger partial charge >= 0.3 is 6.09 Å². The summed E-state index contributed by atoms with van der Waals surface area (Å²) >= 11 is 0. The van der Waals surface area contributed by atoms with Crippen molar-refractivity contribution in [2.75, 3.05) is 26.0 Å². The summed E-state index contributed by atoms with van der Waals surface area (Å²) in [6.45, 7) is -1.15. The molecule has 0 aromatic heterocycles. The van der Waals surface area contributed by atoms with E-state index in [1.54, 1.807) is 0 Å². The third-order valence-corrected chi connectivity index (χ3v) is 3.38. The molecule has 1 aliphatic rings. The Kier molecular flexibility index (Phi) is 4.49. The molecule has 1 fully saturated rings. The molecule has 0 aromatic rings. The minimum Gasteiger partial charge on any atom is -0.465 e. The van der Waals surface area contributed by atoms with Crippen molar-refractivity contribution in [1.82, 2.24) is 4.90 Å². The summed E-state index contributed by atoms with van der Waals surface area (Å²) in [5.74, 6) is -4.22. The van der Waals surface area contributed by atoms with Crippen molar-refractivity contribution in [3.05, 3.63) is 0 Å². The van der Waals surface area contributed by atoms with Gasteiger partial charge in [-0.05, 0) is 12.8 Å². The molecule has 1 amide bonds. The summed E-state index contributed by atoms with van der Waals surface area (Å²) in [6, 6.07) is 0. The van der Waals surface area contributed by atoms with Crippen LogP contribution in [0.5, 0.6) is 0 Å². The molecule has 1 saturated heterocycles. The molecule has 0 bridgehead atoms. The Bertz CT molecular complexity index is 411. The van der Waals surface area contributed by atoms with E-state index in [1.165, 1.54) is 0 Å². The van der Waals surface area contributed by atoms with Crippen molar-refractivity contribution in [2.45, 2.75) is 18.8 Å². The molecular weight excluding hydrogens is 272 g/mol. The Morgan fingerprint density at radius 2 is 2.17 bits per heavy atom. The average molecular weight is 287 g/mol. The molecule has 0 radical (unpaired) electrons. The van der Waals surface area contributed by atoms with Crippen LogP contribution in [0.1, 0.15) is 12.8 Å². The number of hydrogen-bond acceptors (Lipinski definition) is 4. The van der Waals surface area contributed by atoms with Crippen LogP contribution in [0.15, 0.2) is 0 Å². The molecule has 9 heteroatoms. The van der Waals surface area contributed by atoms with Crippen molar-refractivity contribution in [3.63, 3.8) is 0 Å². The predicted molar refractivity (Wildman–Crippen MR) is 58.1 cm³/mol. The highest BCUT2D eigenvalue weighted by atomic mass is 32.2. The topological polar surface area (TPSA) is 83.9 Å². The molecule has 0 aromatic carbocycles. The fraction of sp³-hybridized carbons (Fsp3) is 0.889. The molecule has 0 saturated carbocycles. The van der Waals surface area contributed by atoms with Crippen LogP contribution < -0.4 is 0 Å². The van der Waals surface area contributed by atoms with Crippen molar-refractivity contribution in [3.8, 4) is 0 Å². The number of carbonyl (C=O) groups is 1. The molecule has 106 valence electrons. The molecule has 1 rings (SSSR count). The van der Waals surface area contributed by atoms with E-state index in [-0.39, 0.29) is 26.0 Å². The average Bonchev–Trinajstić information content (AvgIpc) is 2.17. The molecule has 1 aliphatic heterocycles. The van der Waals surface area contributed by atoms with Gasteiger partial charge in [-0.3, -0.25) is 4.18 Å². The van der Waals surface area contributed by atoms with Crippen molar-refractivity contribution in [1.29, 1.82) is 0 Å². The Hall–Kier alpha value is -0.960. The van der Waals surface area contributed by atoms with E-state index in [2.05, 4.69) is 4.18 Å². The second-order valence-corrected chi connectivity index (χ2v) is 5.91. The molecule has 6 nitrogen and oxygen atoms in total. The largest absolute Gasteiger partial charge is 0.465 e. The number of rotatable bonds is 4. The van der Waals surface area contributed by atoms with Gasteiger partial charge in [0.15, 0.2) is 0 Å². The van der Waals surface area contributed by atoms with Gasteiger partial charge in [0.25, 0.3) is 16.0 Å². The number of amides is 1. The maximum Gasteiger partial charge on any atom is 0.407 e. The number of nitrogens with zero attached hydrogens (tertiary/aromatic N) is 1. The van der Waals surface area contributed by atoms with Crippen LogP contribution in [0, 0.1) is 5.92 Å². The van der Waals surface area contributed by atoms with E-state index >= 15 is 0 Å². The normalized spacial score (nSPS) is 23.9. The van der Waals surface area contributed by atoms with Gasteiger partial charge in [0.05, 0.1) is 19.4 Å². The van der Waals surface area contributed by atoms with E-state index < -0.39 is 34.6 Å². The zero-order valence-corrected chi connectivity index (χ0v) is 10.6. The molecule has 1 N–H and O–H groups in total. The lowest BCUT2D eigenvalue weighted by Crippen LogP contribution is -2.50. The second kappa shape index (κ2) is 5.35. The number of alkyl halides is 2. The van der Waals surface area contributed by atoms with E-state index in [0.717, 1.165) is 6.26 Å². The highest BCUT2D eigenvalue weighted by Crippen LogP contribution is 2.35. The summed E-state index contributed by atoms with van der Waals surface area (Å²) in [5.41, 5.74) is 0. The summed E-state index contributed by atoms with van der Waals surface area (Å²) in [4.78, 5) is 11.2. The standard InChI is InChI=1S/C9H15F2NO5S/c1-18(15,16)17-5-3-7-2-4-12(8(13)14)6-9(7,10)11/h7H,2-6H2,1H3,(H,13,14). The summed E-state index contributed by atoms with van der Waals surface area (Å²) in [6.07, 6.45) is -0.654. The quantitative estimate of drug-likeness (QED) is 0.779. The van der Waals surface area contributed by atoms with Gasteiger partial charge in [0.1, 0.15) is 0 Å². The molecule has 1 atom stereocenters. The van der Waals surface area contributed by atoms with Crippen LogP contribution >= 0.6 is 0 Å². The van der Waals surface area contributed by atoms with Crippen LogP contribution in [-0.2, 0) is 14.3 Å². The molecule has 1 unspecified atom stereocenters. The molecule has 18 heavy (non-hydrogen) atoms. The van der Waals surface area contributed by atoms with Crippen molar-refractivity contribution in [2.24, 2.45) is 5.92 Å². The molecule has 0 spiro atoms.